The van der Waals surface area contributed by atoms with E-state index in [-0.39, 0.29) is 11.3 Å². The predicted octanol–water partition coefficient (Wildman–Crippen LogP) is 2.00. The predicted molar refractivity (Wildman–Crippen MR) is 73.2 cm³/mol. The average molecular weight is 246 g/mol. The van der Waals surface area contributed by atoms with E-state index in [2.05, 4.69) is 29.7 Å². The first kappa shape index (κ1) is 13.1. The minimum atomic E-state index is -0.249. The molecule has 3 nitrogen and oxygen atoms in total. The topological polar surface area (TPSA) is 41.1 Å². The van der Waals surface area contributed by atoms with Gasteiger partial charge in [-0.1, -0.05) is 24.3 Å². The molecule has 0 aliphatic carbocycles. The molecule has 1 saturated heterocycles. The molecule has 0 radical (unpaired) electrons. The van der Waals surface area contributed by atoms with Crippen molar-refractivity contribution >= 4 is 5.91 Å². The summed E-state index contributed by atoms with van der Waals surface area (Å²) in [4.78, 5) is 12.3. The number of carbonyl (C=O) groups is 1. The van der Waals surface area contributed by atoms with Crippen molar-refractivity contribution in [3.8, 4) is 0 Å². The van der Waals surface area contributed by atoms with Crippen LogP contribution in [0.5, 0.6) is 0 Å². The summed E-state index contributed by atoms with van der Waals surface area (Å²) in [7, 11) is 0. The van der Waals surface area contributed by atoms with Crippen molar-refractivity contribution in [2.45, 2.75) is 33.2 Å². The van der Waals surface area contributed by atoms with Crippen molar-refractivity contribution in [1.29, 1.82) is 0 Å². The van der Waals surface area contributed by atoms with Crippen LogP contribution in [0.25, 0.3) is 0 Å². The maximum Gasteiger partial charge on any atom is 0.227 e. The van der Waals surface area contributed by atoms with Crippen LogP contribution in [0.4, 0.5) is 0 Å². The zero-order chi connectivity index (χ0) is 13.0. The SMILES string of the molecule is Cc1ccccc1CNC(=O)C1(C)CCCNC1. The maximum atomic E-state index is 12.3. The Morgan fingerprint density at radius 2 is 2.22 bits per heavy atom. The number of aryl methyl sites for hydroxylation is 1. The van der Waals surface area contributed by atoms with E-state index >= 15 is 0 Å². The van der Waals surface area contributed by atoms with Gasteiger partial charge < -0.3 is 10.6 Å². The molecule has 2 N–H and O–H groups in total. The third-order valence-electron chi connectivity index (χ3n) is 3.85. The lowest BCUT2D eigenvalue weighted by molar-refractivity contribution is -0.131. The van der Waals surface area contributed by atoms with Gasteiger partial charge in [0.2, 0.25) is 5.91 Å². The molecule has 0 spiro atoms. The molecule has 2 rings (SSSR count). The van der Waals surface area contributed by atoms with E-state index in [0.29, 0.717) is 6.54 Å². The second-order valence-electron chi connectivity index (χ2n) is 5.45. The summed E-state index contributed by atoms with van der Waals surface area (Å²) in [6.07, 6.45) is 2.05. The highest BCUT2D eigenvalue weighted by Crippen LogP contribution is 2.25. The molecular formula is C15H22N2O. The first-order valence-electron chi connectivity index (χ1n) is 6.65. The first-order valence-corrected chi connectivity index (χ1v) is 6.65. The molecular weight excluding hydrogens is 224 g/mol. The van der Waals surface area contributed by atoms with Gasteiger partial charge in [0, 0.05) is 13.1 Å². The summed E-state index contributed by atoms with van der Waals surface area (Å²) in [5.41, 5.74) is 2.17. The van der Waals surface area contributed by atoms with Crippen molar-refractivity contribution < 1.29 is 4.79 Å². The third kappa shape index (κ3) is 2.91. The van der Waals surface area contributed by atoms with Gasteiger partial charge in [0.25, 0.3) is 0 Å². The Balaban J connectivity index is 1.94. The summed E-state index contributed by atoms with van der Waals surface area (Å²) in [6, 6.07) is 8.17. The second kappa shape index (κ2) is 5.53. The van der Waals surface area contributed by atoms with Crippen LogP contribution >= 0.6 is 0 Å². The Hall–Kier alpha value is -1.35. The molecule has 1 aromatic carbocycles. The molecule has 1 amide bonds. The van der Waals surface area contributed by atoms with E-state index in [9.17, 15) is 4.79 Å². The summed E-state index contributed by atoms with van der Waals surface area (Å²) in [5, 5.41) is 6.38. The van der Waals surface area contributed by atoms with Gasteiger partial charge in [-0.05, 0) is 44.4 Å². The Morgan fingerprint density at radius 3 is 2.89 bits per heavy atom. The molecule has 18 heavy (non-hydrogen) atoms. The third-order valence-corrected chi connectivity index (χ3v) is 3.85. The highest BCUT2D eigenvalue weighted by Gasteiger charge is 2.34. The molecule has 1 heterocycles. The number of benzene rings is 1. The lowest BCUT2D eigenvalue weighted by atomic mass is 9.82. The largest absolute Gasteiger partial charge is 0.352 e. The molecule has 1 aliphatic heterocycles. The number of nitrogens with one attached hydrogen (secondary N) is 2. The first-order chi connectivity index (χ1) is 8.62. The minimum absolute atomic E-state index is 0.165. The fourth-order valence-corrected chi connectivity index (χ4v) is 2.45. The summed E-state index contributed by atoms with van der Waals surface area (Å²) >= 11 is 0. The number of hydrogen-bond donors (Lipinski definition) is 2. The molecule has 0 bridgehead atoms. The van der Waals surface area contributed by atoms with E-state index < -0.39 is 0 Å². The van der Waals surface area contributed by atoms with E-state index in [1.54, 1.807) is 0 Å². The number of piperidine rings is 1. The average Bonchev–Trinajstić information content (AvgIpc) is 2.38. The zero-order valence-electron chi connectivity index (χ0n) is 11.3. The quantitative estimate of drug-likeness (QED) is 0.856. The van der Waals surface area contributed by atoms with Gasteiger partial charge in [-0.15, -0.1) is 0 Å². The summed E-state index contributed by atoms with van der Waals surface area (Å²) in [6.45, 7) is 6.56. The Bertz CT molecular complexity index is 422. The van der Waals surface area contributed by atoms with Gasteiger partial charge >= 0.3 is 0 Å². The van der Waals surface area contributed by atoms with Gasteiger partial charge in [0.05, 0.1) is 5.41 Å². The van der Waals surface area contributed by atoms with Crippen molar-refractivity contribution in [2.24, 2.45) is 5.41 Å². The smallest absolute Gasteiger partial charge is 0.227 e. The zero-order valence-corrected chi connectivity index (χ0v) is 11.3. The fourth-order valence-electron chi connectivity index (χ4n) is 2.45. The molecule has 0 saturated carbocycles. The van der Waals surface area contributed by atoms with Crippen LogP contribution in [0.1, 0.15) is 30.9 Å². The van der Waals surface area contributed by atoms with Crippen LogP contribution in [0, 0.1) is 12.3 Å². The molecule has 1 aromatic rings. The van der Waals surface area contributed by atoms with Gasteiger partial charge in [-0.2, -0.15) is 0 Å². The van der Waals surface area contributed by atoms with Crippen LogP contribution in [0.2, 0.25) is 0 Å². The van der Waals surface area contributed by atoms with Crippen LogP contribution < -0.4 is 10.6 Å². The van der Waals surface area contributed by atoms with Gasteiger partial charge in [0.15, 0.2) is 0 Å². The van der Waals surface area contributed by atoms with Crippen LogP contribution in [0.3, 0.4) is 0 Å². The second-order valence-corrected chi connectivity index (χ2v) is 5.45. The fraction of sp³-hybridized carbons (Fsp3) is 0.533. The van der Waals surface area contributed by atoms with Crippen molar-refractivity contribution in [2.75, 3.05) is 13.1 Å². The van der Waals surface area contributed by atoms with Crippen LogP contribution in [-0.2, 0) is 11.3 Å². The Labute approximate surface area is 109 Å². The van der Waals surface area contributed by atoms with Crippen LogP contribution in [0.15, 0.2) is 24.3 Å². The highest BCUT2D eigenvalue weighted by molar-refractivity contribution is 5.82. The molecule has 98 valence electrons. The highest BCUT2D eigenvalue weighted by atomic mass is 16.2. The Morgan fingerprint density at radius 1 is 1.44 bits per heavy atom. The van der Waals surface area contributed by atoms with E-state index in [4.69, 9.17) is 0 Å². The number of hydrogen-bond acceptors (Lipinski definition) is 2. The monoisotopic (exact) mass is 246 g/mol. The number of carbonyl (C=O) groups excluding carboxylic acids is 1. The molecule has 0 aromatic heterocycles. The number of amides is 1. The maximum absolute atomic E-state index is 12.3. The van der Waals surface area contributed by atoms with E-state index in [1.807, 2.05) is 19.1 Å². The van der Waals surface area contributed by atoms with Gasteiger partial charge in [-0.25, -0.2) is 0 Å². The van der Waals surface area contributed by atoms with Gasteiger partial charge in [0.1, 0.15) is 0 Å². The lowest BCUT2D eigenvalue weighted by Gasteiger charge is -2.32. The van der Waals surface area contributed by atoms with E-state index in [1.165, 1.54) is 11.1 Å². The van der Waals surface area contributed by atoms with Crippen LogP contribution in [-0.4, -0.2) is 19.0 Å². The number of rotatable bonds is 3. The molecule has 1 unspecified atom stereocenters. The normalized spacial score (nSPS) is 23.7. The standard InChI is InChI=1S/C15H22N2O/c1-12-6-3-4-7-13(12)10-17-14(18)15(2)8-5-9-16-11-15/h3-4,6-7,16H,5,8-11H2,1-2H3,(H,17,18). The van der Waals surface area contributed by atoms with Crippen molar-refractivity contribution in [3.05, 3.63) is 35.4 Å². The minimum Gasteiger partial charge on any atom is -0.352 e. The molecule has 1 fully saturated rings. The molecule has 1 atom stereocenters. The Kier molecular flexibility index (Phi) is 4.02. The van der Waals surface area contributed by atoms with Crippen molar-refractivity contribution in [3.63, 3.8) is 0 Å². The molecule has 3 heteroatoms. The summed E-state index contributed by atoms with van der Waals surface area (Å²) in [5.74, 6) is 0.165. The van der Waals surface area contributed by atoms with Gasteiger partial charge in [-0.3, -0.25) is 4.79 Å². The lowest BCUT2D eigenvalue weighted by Crippen LogP contribution is -2.48. The van der Waals surface area contributed by atoms with E-state index in [0.717, 1.165) is 25.9 Å². The molecule has 1 aliphatic rings. The summed E-state index contributed by atoms with van der Waals surface area (Å²) < 4.78 is 0. The van der Waals surface area contributed by atoms with Crippen molar-refractivity contribution in [1.82, 2.24) is 10.6 Å².